The van der Waals surface area contributed by atoms with Crippen molar-refractivity contribution in [2.45, 2.75) is 64.2 Å². The third-order valence-corrected chi connectivity index (χ3v) is 6.62. The van der Waals surface area contributed by atoms with Gasteiger partial charge in [-0.1, -0.05) is 32.9 Å². The summed E-state index contributed by atoms with van der Waals surface area (Å²) in [4.78, 5) is 29.0. The molecule has 174 valence electrons. The Morgan fingerprint density at radius 2 is 1.76 bits per heavy atom. The largest absolute Gasteiger partial charge is 0.320 e. The minimum atomic E-state index is -0.739. The van der Waals surface area contributed by atoms with E-state index in [1.165, 1.54) is 5.56 Å². The maximum Gasteiger partial charge on any atom is 0.259 e. The lowest BCUT2D eigenvalue weighted by Gasteiger charge is -2.29. The van der Waals surface area contributed by atoms with Crippen LogP contribution in [-0.2, 0) is 15.6 Å². The first kappa shape index (κ1) is 23.4. The highest BCUT2D eigenvalue weighted by Gasteiger charge is 2.37. The molecule has 1 aliphatic rings. The number of nitriles is 1. The number of nitrogens with zero attached hydrogens (tertiary/aromatic N) is 4. The minimum absolute atomic E-state index is 0.0631. The predicted octanol–water partition coefficient (Wildman–Crippen LogP) is 5.03. The van der Waals surface area contributed by atoms with E-state index in [4.69, 9.17) is 0 Å². The molecule has 0 atom stereocenters. The SMILES string of the molecule is Cc1c(C(=O)Nc2ccc(C3(C#N)CCC(=O)CC3)nc2)cnn1-c1ccc(C(C)(C)C)cc1. The summed E-state index contributed by atoms with van der Waals surface area (Å²) in [6.07, 6.45) is 4.89. The van der Waals surface area contributed by atoms with Gasteiger partial charge >= 0.3 is 0 Å². The van der Waals surface area contributed by atoms with Gasteiger partial charge in [-0.15, -0.1) is 0 Å². The van der Waals surface area contributed by atoms with Gasteiger partial charge in [-0.25, -0.2) is 4.68 Å². The first-order valence-corrected chi connectivity index (χ1v) is 11.5. The first-order chi connectivity index (χ1) is 16.1. The van der Waals surface area contributed by atoms with Crippen molar-refractivity contribution in [1.82, 2.24) is 14.8 Å². The number of aromatic nitrogens is 3. The van der Waals surface area contributed by atoms with Crippen LogP contribution in [0.15, 0.2) is 48.8 Å². The van der Waals surface area contributed by atoms with E-state index in [2.05, 4.69) is 54.4 Å². The van der Waals surface area contributed by atoms with Crippen LogP contribution >= 0.6 is 0 Å². The normalized spacial score (nSPS) is 15.6. The summed E-state index contributed by atoms with van der Waals surface area (Å²) in [7, 11) is 0. The fourth-order valence-corrected chi connectivity index (χ4v) is 4.33. The molecule has 1 amide bonds. The lowest BCUT2D eigenvalue weighted by molar-refractivity contribution is -0.121. The van der Waals surface area contributed by atoms with Gasteiger partial charge in [0.2, 0.25) is 0 Å². The molecule has 0 spiro atoms. The number of carbonyl (C=O) groups is 2. The summed E-state index contributed by atoms with van der Waals surface area (Å²) >= 11 is 0. The number of Topliss-reactive ketones (excluding diaryl/α,β-unsaturated/α-hetero) is 1. The molecule has 1 aromatic carbocycles. The highest BCUT2D eigenvalue weighted by atomic mass is 16.1. The van der Waals surface area contributed by atoms with Crippen molar-refractivity contribution in [2.75, 3.05) is 5.32 Å². The van der Waals surface area contributed by atoms with Gasteiger partial charge in [0.05, 0.1) is 46.8 Å². The number of carbonyl (C=O) groups excluding carboxylic acids is 2. The third-order valence-electron chi connectivity index (χ3n) is 6.62. The van der Waals surface area contributed by atoms with E-state index >= 15 is 0 Å². The topological polar surface area (TPSA) is 101 Å². The smallest absolute Gasteiger partial charge is 0.259 e. The number of benzene rings is 1. The van der Waals surface area contributed by atoms with Crippen molar-refractivity contribution in [1.29, 1.82) is 5.26 Å². The Kier molecular flexibility index (Phi) is 6.09. The molecule has 1 saturated carbocycles. The molecule has 0 unspecified atom stereocenters. The second kappa shape index (κ2) is 8.86. The molecule has 0 radical (unpaired) electrons. The van der Waals surface area contributed by atoms with Crippen molar-refractivity contribution in [3.63, 3.8) is 0 Å². The Morgan fingerprint density at radius 3 is 2.32 bits per heavy atom. The number of ketones is 1. The van der Waals surface area contributed by atoms with Crippen molar-refractivity contribution in [3.8, 4) is 11.8 Å². The Morgan fingerprint density at radius 1 is 1.09 bits per heavy atom. The van der Waals surface area contributed by atoms with Crippen LogP contribution in [0, 0.1) is 18.3 Å². The second-order valence-electron chi connectivity index (χ2n) is 9.97. The lowest BCUT2D eigenvalue weighted by Crippen LogP contribution is -2.31. The summed E-state index contributed by atoms with van der Waals surface area (Å²) in [6, 6.07) is 14.1. The van der Waals surface area contributed by atoms with Crippen LogP contribution < -0.4 is 5.32 Å². The molecule has 2 aromatic heterocycles. The first-order valence-electron chi connectivity index (χ1n) is 11.5. The van der Waals surface area contributed by atoms with Crippen LogP contribution in [0.1, 0.15) is 73.8 Å². The van der Waals surface area contributed by atoms with Gasteiger partial charge in [-0.3, -0.25) is 14.6 Å². The van der Waals surface area contributed by atoms with Crippen molar-refractivity contribution < 1.29 is 9.59 Å². The fourth-order valence-electron chi connectivity index (χ4n) is 4.33. The van der Waals surface area contributed by atoms with Gasteiger partial charge in [0.1, 0.15) is 11.2 Å². The number of nitrogens with one attached hydrogen (secondary N) is 1. The molecular formula is C27H29N5O2. The van der Waals surface area contributed by atoms with E-state index < -0.39 is 5.41 Å². The monoisotopic (exact) mass is 455 g/mol. The van der Waals surface area contributed by atoms with E-state index in [-0.39, 0.29) is 17.1 Å². The van der Waals surface area contributed by atoms with Crippen molar-refractivity contribution >= 4 is 17.4 Å². The molecule has 34 heavy (non-hydrogen) atoms. The molecule has 0 bridgehead atoms. The highest BCUT2D eigenvalue weighted by molar-refractivity contribution is 6.04. The summed E-state index contributed by atoms with van der Waals surface area (Å²) in [5.74, 6) is -0.0845. The van der Waals surface area contributed by atoms with Crippen LogP contribution in [0.3, 0.4) is 0 Å². The number of hydrogen-bond acceptors (Lipinski definition) is 5. The van der Waals surface area contributed by atoms with Gasteiger partial charge in [0.15, 0.2) is 0 Å². The van der Waals surface area contributed by atoms with E-state index in [1.54, 1.807) is 29.2 Å². The fraction of sp³-hybridized carbons (Fsp3) is 0.370. The Balaban J connectivity index is 1.49. The molecule has 0 aliphatic heterocycles. The van der Waals surface area contributed by atoms with Crippen molar-refractivity contribution in [2.24, 2.45) is 0 Å². The van der Waals surface area contributed by atoms with Crippen LogP contribution in [0.4, 0.5) is 5.69 Å². The van der Waals surface area contributed by atoms with Crippen LogP contribution in [0.25, 0.3) is 5.69 Å². The molecule has 7 nitrogen and oxygen atoms in total. The average Bonchev–Trinajstić information content (AvgIpc) is 3.21. The maximum absolute atomic E-state index is 12.9. The number of hydrogen-bond donors (Lipinski definition) is 1. The summed E-state index contributed by atoms with van der Waals surface area (Å²) in [5, 5.41) is 17.0. The summed E-state index contributed by atoms with van der Waals surface area (Å²) in [6.45, 7) is 8.37. The summed E-state index contributed by atoms with van der Waals surface area (Å²) < 4.78 is 1.75. The van der Waals surface area contributed by atoms with Gasteiger partial charge in [0.25, 0.3) is 5.91 Å². The predicted molar refractivity (Wildman–Crippen MR) is 130 cm³/mol. The second-order valence-corrected chi connectivity index (χ2v) is 9.97. The molecule has 0 saturated heterocycles. The molecule has 2 heterocycles. The van der Waals surface area contributed by atoms with E-state index in [9.17, 15) is 14.9 Å². The molecule has 4 rings (SSSR count). The van der Waals surface area contributed by atoms with E-state index in [0.717, 1.165) is 11.4 Å². The van der Waals surface area contributed by atoms with Gasteiger partial charge in [0, 0.05) is 12.8 Å². The zero-order valence-corrected chi connectivity index (χ0v) is 20.1. The van der Waals surface area contributed by atoms with Gasteiger partial charge < -0.3 is 5.32 Å². The molecular weight excluding hydrogens is 426 g/mol. The lowest BCUT2D eigenvalue weighted by atomic mass is 9.72. The van der Waals surface area contributed by atoms with E-state index in [0.29, 0.717) is 42.6 Å². The van der Waals surface area contributed by atoms with Crippen LogP contribution in [0.5, 0.6) is 0 Å². The average molecular weight is 456 g/mol. The molecule has 1 N–H and O–H groups in total. The zero-order chi connectivity index (χ0) is 24.5. The number of amides is 1. The number of anilines is 1. The highest BCUT2D eigenvalue weighted by Crippen LogP contribution is 2.37. The zero-order valence-electron chi connectivity index (χ0n) is 20.1. The van der Waals surface area contributed by atoms with Crippen molar-refractivity contribution in [3.05, 3.63) is 71.3 Å². The molecule has 3 aromatic rings. The van der Waals surface area contributed by atoms with Gasteiger partial charge in [-0.05, 0) is 55.0 Å². The number of rotatable bonds is 4. The Labute approximate surface area is 199 Å². The number of pyridine rings is 1. The van der Waals surface area contributed by atoms with Crippen LogP contribution in [-0.4, -0.2) is 26.5 Å². The third kappa shape index (κ3) is 4.49. The quantitative estimate of drug-likeness (QED) is 0.595. The minimum Gasteiger partial charge on any atom is -0.320 e. The Hall–Kier alpha value is -3.79. The van der Waals surface area contributed by atoms with Gasteiger partial charge in [-0.2, -0.15) is 10.4 Å². The molecule has 1 aliphatic carbocycles. The summed E-state index contributed by atoms with van der Waals surface area (Å²) in [5.41, 5.74) is 3.84. The molecule has 7 heteroatoms. The molecule has 1 fully saturated rings. The Bertz CT molecular complexity index is 1250. The van der Waals surface area contributed by atoms with E-state index in [1.807, 2.05) is 19.1 Å². The maximum atomic E-state index is 12.9. The van der Waals surface area contributed by atoms with Crippen LogP contribution in [0.2, 0.25) is 0 Å². The standard InChI is InChI=1S/C27H29N5O2/c1-18-23(16-30-32(18)21-8-5-19(6-9-21)26(2,3)4)25(34)31-20-7-10-24(29-15-20)27(17-28)13-11-22(33)12-14-27/h5-10,15-16H,11-14H2,1-4H3,(H,31,34).